The number of nitriles is 1. The van der Waals surface area contributed by atoms with Gasteiger partial charge in [-0.3, -0.25) is 4.57 Å². The van der Waals surface area contributed by atoms with Crippen LogP contribution in [0.25, 0.3) is 22.7 Å². The Balaban J connectivity index is 1.54. The maximum Gasteiger partial charge on any atom is 0.195 e. The monoisotopic (exact) mass is 467 g/mol. The average molecular weight is 467 g/mol. The van der Waals surface area contributed by atoms with E-state index in [0.29, 0.717) is 35.3 Å². The van der Waals surface area contributed by atoms with Crippen LogP contribution in [0.3, 0.4) is 0 Å². The maximum absolute atomic E-state index is 9.52. The van der Waals surface area contributed by atoms with E-state index in [1.54, 1.807) is 36.4 Å². The molecule has 0 amide bonds. The first-order chi connectivity index (χ1) is 17.1. The summed E-state index contributed by atoms with van der Waals surface area (Å²) in [6, 6.07) is 15.0. The van der Waals surface area contributed by atoms with Crippen molar-refractivity contribution in [3.05, 3.63) is 71.9 Å². The van der Waals surface area contributed by atoms with Gasteiger partial charge < -0.3 is 15.2 Å². The second-order valence-corrected chi connectivity index (χ2v) is 7.71. The highest BCUT2D eigenvalue weighted by molar-refractivity contribution is 5.82. The van der Waals surface area contributed by atoms with Crippen LogP contribution in [0.2, 0.25) is 0 Å². The first kappa shape index (κ1) is 22.0. The fourth-order valence-corrected chi connectivity index (χ4v) is 3.83. The summed E-state index contributed by atoms with van der Waals surface area (Å²) in [6.45, 7) is 1.83. The summed E-state index contributed by atoms with van der Waals surface area (Å²) < 4.78 is 8.83. The molecule has 0 bridgehead atoms. The molecule has 0 aliphatic rings. The molecule has 0 aliphatic carbocycles. The van der Waals surface area contributed by atoms with Crippen molar-refractivity contribution in [2.24, 2.45) is 0 Å². The molecule has 0 atom stereocenters. The van der Waals surface area contributed by atoms with Crippen LogP contribution in [0, 0.1) is 18.3 Å². The number of imidazole rings is 1. The van der Waals surface area contributed by atoms with Crippen molar-refractivity contribution in [1.82, 2.24) is 34.5 Å². The summed E-state index contributed by atoms with van der Waals surface area (Å²) in [4.78, 5) is 9.37. The second kappa shape index (κ2) is 9.20. The average Bonchev–Trinajstić information content (AvgIpc) is 3.47. The number of aliphatic hydroxyl groups is 1. The SMILES string of the molecule is COc1ccnnc1Nc1ccc2c(c1)ncn2-c1ccc(CCO)c(-n2nc(C#N)cc2C)n1. The van der Waals surface area contributed by atoms with Crippen LogP contribution in [0.1, 0.15) is 17.0 Å². The summed E-state index contributed by atoms with van der Waals surface area (Å²) in [5, 5.41) is 34.3. The molecule has 174 valence electrons. The number of aryl methyl sites for hydroxylation is 1. The number of nitrogens with zero attached hydrogens (tertiary/aromatic N) is 8. The Morgan fingerprint density at radius 2 is 2.06 bits per heavy atom. The quantitative estimate of drug-likeness (QED) is 0.370. The number of rotatable bonds is 7. The van der Waals surface area contributed by atoms with Gasteiger partial charge in [-0.05, 0) is 49.2 Å². The highest BCUT2D eigenvalue weighted by atomic mass is 16.5. The summed E-state index contributed by atoms with van der Waals surface area (Å²) >= 11 is 0. The minimum atomic E-state index is -0.0280. The summed E-state index contributed by atoms with van der Waals surface area (Å²) in [5.41, 5.74) is 4.28. The largest absolute Gasteiger partial charge is 0.493 e. The highest BCUT2D eigenvalue weighted by Gasteiger charge is 2.15. The van der Waals surface area contributed by atoms with Gasteiger partial charge in [0.15, 0.2) is 23.1 Å². The van der Waals surface area contributed by atoms with Crippen LogP contribution in [0.15, 0.2) is 55.0 Å². The molecule has 4 heterocycles. The maximum atomic E-state index is 9.52. The molecule has 35 heavy (non-hydrogen) atoms. The number of fused-ring (bicyclic) bond motifs is 1. The standard InChI is InChI=1S/C24H21N9O2/c1-15-11-18(13-25)31-33(15)24-16(8-10-34)3-6-22(29-24)32-14-26-19-12-17(4-5-20(19)32)28-23-21(35-2)7-9-27-30-23/h3-7,9,11-12,14,34H,8,10H2,1-2H3,(H,28,30). The van der Waals surface area contributed by atoms with Gasteiger partial charge in [0.1, 0.15) is 18.2 Å². The molecule has 0 aliphatic heterocycles. The normalized spacial score (nSPS) is 10.9. The molecule has 11 nitrogen and oxygen atoms in total. The second-order valence-electron chi connectivity index (χ2n) is 7.71. The smallest absolute Gasteiger partial charge is 0.195 e. The summed E-state index contributed by atoms with van der Waals surface area (Å²) in [6.07, 6.45) is 3.68. The topological polar surface area (TPSA) is 140 Å². The van der Waals surface area contributed by atoms with Gasteiger partial charge in [0.2, 0.25) is 0 Å². The molecule has 0 saturated carbocycles. The van der Waals surface area contributed by atoms with Gasteiger partial charge in [0.25, 0.3) is 0 Å². The van der Waals surface area contributed by atoms with Gasteiger partial charge in [-0.25, -0.2) is 14.6 Å². The van der Waals surface area contributed by atoms with E-state index in [4.69, 9.17) is 9.72 Å². The summed E-state index contributed by atoms with van der Waals surface area (Å²) in [7, 11) is 1.58. The van der Waals surface area contributed by atoms with E-state index in [1.807, 2.05) is 41.8 Å². The van der Waals surface area contributed by atoms with Gasteiger partial charge in [-0.1, -0.05) is 6.07 Å². The van der Waals surface area contributed by atoms with E-state index in [2.05, 4.69) is 31.7 Å². The number of aliphatic hydroxyl groups excluding tert-OH is 1. The van der Waals surface area contributed by atoms with E-state index in [1.165, 1.54) is 0 Å². The fraction of sp³-hybridized carbons (Fsp3) is 0.167. The predicted octanol–water partition coefficient (Wildman–Crippen LogP) is 2.86. The number of benzene rings is 1. The number of nitrogens with one attached hydrogen (secondary N) is 1. The Hall–Kier alpha value is -4.82. The third-order valence-electron chi connectivity index (χ3n) is 5.49. The number of hydrogen-bond donors (Lipinski definition) is 2. The van der Waals surface area contributed by atoms with Gasteiger partial charge >= 0.3 is 0 Å². The van der Waals surface area contributed by atoms with Gasteiger partial charge in [0, 0.05) is 24.1 Å². The molecule has 11 heteroatoms. The van der Waals surface area contributed by atoms with E-state index in [-0.39, 0.29) is 6.61 Å². The minimum Gasteiger partial charge on any atom is -0.493 e. The molecule has 0 radical (unpaired) electrons. The zero-order valence-electron chi connectivity index (χ0n) is 19.0. The van der Waals surface area contributed by atoms with Crippen molar-refractivity contribution in [1.29, 1.82) is 5.26 Å². The third-order valence-corrected chi connectivity index (χ3v) is 5.49. The lowest BCUT2D eigenvalue weighted by atomic mass is 10.2. The number of methoxy groups -OCH3 is 1. The van der Waals surface area contributed by atoms with Crippen molar-refractivity contribution in [3.8, 4) is 23.5 Å². The van der Waals surface area contributed by atoms with Crippen molar-refractivity contribution < 1.29 is 9.84 Å². The van der Waals surface area contributed by atoms with Crippen LogP contribution >= 0.6 is 0 Å². The molecular formula is C24H21N9O2. The van der Waals surface area contributed by atoms with E-state index in [9.17, 15) is 10.4 Å². The van der Waals surface area contributed by atoms with E-state index in [0.717, 1.165) is 28.0 Å². The first-order valence-corrected chi connectivity index (χ1v) is 10.8. The Morgan fingerprint density at radius 3 is 2.83 bits per heavy atom. The van der Waals surface area contributed by atoms with Crippen LogP contribution in [-0.2, 0) is 6.42 Å². The molecule has 0 saturated heterocycles. The molecule has 1 aromatic carbocycles. The number of hydrogen-bond acceptors (Lipinski definition) is 9. The zero-order valence-corrected chi connectivity index (χ0v) is 19.0. The highest BCUT2D eigenvalue weighted by Crippen LogP contribution is 2.27. The molecule has 0 spiro atoms. The van der Waals surface area contributed by atoms with Crippen molar-refractivity contribution in [2.45, 2.75) is 13.3 Å². The third kappa shape index (κ3) is 4.14. The number of ether oxygens (including phenoxy) is 1. The fourth-order valence-electron chi connectivity index (χ4n) is 3.83. The van der Waals surface area contributed by atoms with Crippen LogP contribution < -0.4 is 10.1 Å². The lowest BCUT2D eigenvalue weighted by Crippen LogP contribution is -2.10. The zero-order chi connectivity index (χ0) is 24.4. The van der Waals surface area contributed by atoms with E-state index < -0.39 is 0 Å². The van der Waals surface area contributed by atoms with Gasteiger partial charge in [-0.15, -0.1) is 5.10 Å². The van der Waals surface area contributed by atoms with Gasteiger partial charge in [-0.2, -0.15) is 15.5 Å². The lowest BCUT2D eigenvalue weighted by molar-refractivity contribution is 0.299. The van der Waals surface area contributed by atoms with Crippen molar-refractivity contribution >= 4 is 22.5 Å². The molecule has 0 unspecified atom stereocenters. The Bertz CT molecular complexity index is 1570. The Morgan fingerprint density at radius 1 is 1.17 bits per heavy atom. The Kier molecular flexibility index (Phi) is 5.78. The summed E-state index contributed by atoms with van der Waals surface area (Å²) in [5.74, 6) is 2.28. The minimum absolute atomic E-state index is 0.0280. The Labute approximate surface area is 200 Å². The molecule has 0 fully saturated rings. The number of aromatic nitrogens is 7. The lowest BCUT2D eigenvalue weighted by Gasteiger charge is -2.13. The molecular weight excluding hydrogens is 446 g/mol. The number of anilines is 2. The molecule has 4 aromatic heterocycles. The van der Waals surface area contributed by atoms with Crippen molar-refractivity contribution in [2.75, 3.05) is 19.0 Å². The van der Waals surface area contributed by atoms with Gasteiger partial charge in [0.05, 0.1) is 24.3 Å². The molecule has 5 rings (SSSR count). The molecule has 2 N–H and O–H groups in total. The van der Waals surface area contributed by atoms with Crippen LogP contribution in [-0.4, -0.2) is 53.3 Å². The number of pyridine rings is 1. The van der Waals surface area contributed by atoms with Crippen LogP contribution in [0.5, 0.6) is 5.75 Å². The van der Waals surface area contributed by atoms with Crippen LogP contribution in [0.4, 0.5) is 11.5 Å². The predicted molar refractivity (Wildman–Crippen MR) is 128 cm³/mol. The van der Waals surface area contributed by atoms with Crippen molar-refractivity contribution in [3.63, 3.8) is 0 Å². The molecule has 5 aromatic rings. The van der Waals surface area contributed by atoms with E-state index >= 15 is 0 Å². The first-order valence-electron chi connectivity index (χ1n) is 10.8.